The van der Waals surface area contributed by atoms with Crippen molar-refractivity contribution in [2.24, 2.45) is 0 Å². The third-order valence-corrected chi connectivity index (χ3v) is 16.2. The van der Waals surface area contributed by atoms with Crippen molar-refractivity contribution in [3.63, 3.8) is 0 Å². The van der Waals surface area contributed by atoms with Gasteiger partial charge < -0.3 is 8.85 Å². The molecule has 0 spiro atoms. The summed E-state index contributed by atoms with van der Waals surface area (Å²) in [6.07, 6.45) is 10.4. The van der Waals surface area contributed by atoms with Crippen LogP contribution >= 0.6 is 0 Å². The molecule has 270 valence electrons. The maximum Gasteiger partial charge on any atom is 0.193 e. The SMILES string of the molecule is CCCCN(CCCC)N1CC(CCCC)(O[Si](CC)(CC)CC)C(O[SiH](C)C)(N(C)C)C1(N(CC)CC)N(CCC)CCC. The molecular weight excluding hydrogens is 591 g/mol. The highest BCUT2D eigenvalue weighted by Crippen LogP contribution is 2.58. The topological polar surface area (TPSA) is 34.7 Å². The fraction of sp³-hybridized carbons (Fsp3) is 1.00. The molecule has 0 aromatic rings. The third kappa shape index (κ3) is 8.85. The van der Waals surface area contributed by atoms with E-state index in [2.05, 4.69) is 121 Å². The van der Waals surface area contributed by atoms with E-state index in [0.29, 0.717) is 0 Å². The molecule has 1 fully saturated rings. The van der Waals surface area contributed by atoms with Gasteiger partial charge in [-0.1, -0.05) is 94.9 Å². The number of hydrogen-bond donors (Lipinski definition) is 0. The van der Waals surface area contributed by atoms with E-state index in [1.54, 1.807) is 0 Å². The molecular formula is C36H81N5O2Si2. The molecule has 0 amide bonds. The molecule has 1 aliphatic heterocycles. The Morgan fingerprint density at radius 3 is 1.51 bits per heavy atom. The lowest BCUT2D eigenvalue weighted by Crippen LogP contribution is -2.85. The normalized spacial score (nSPS) is 24.9. The van der Waals surface area contributed by atoms with Crippen molar-refractivity contribution in [3.05, 3.63) is 0 Å². The molecule has 1 aliphatic rings. The first-order valence-electron chi connectivity index (χ1n) is 19.5. The largest absolute Gasteiger partial charge is 0.405 e. The summed E-state index contributed by atoms with van der Waals surface area (Å²) in [5.41, 5.74) is -1.13. The monoisotopic (exact) mass is 672 g/mol. The number of unbranched alkanes of at least 4 members (excludes halogenated alkanes) is 3. The highest BCUT2D eigenvalue weighted by atomic mass is 28.4. The van der Waals surface area contributed by atoms with Crippen LogP contribution in [0, 0.1) is 0 Å². The molecule has 0 bridgehead atoms. The van der Waals surface area contributed by atoms with Crippen molar-refractivity contribution in [2.75, 3.05) is 59.9 Å². The van der Waals surface area contributed by atoms with E-state index in [9.17, 15) is 0 Å². The Morgan fingerprint density at radius 2 is 1.16 bits per heavy atom. The van der Waals surface area contributed by atoms with Gasteiger partial charge in [-0.25, -0.2) is 10.0 Å². The molecule has 0 saturated carbocycles. The first kappa shape index (κ1) is 43.2. The zero-order valence-corrected chi connectivity index (χ0v) is 35.2. The van der Waals surface area contributed by atoms with Gasteiger partial charge >= 0.3 is 0 Å². The summed E-state index contributed by atoms with van der Waals surface area (Å²) in [6.45, 7) is 35.6. The summed E-state index contributed by atoms with van der Waals surface area (Å²) in [5, 5.41) is 5.67. The van der Waals surface area contributed by atoms with Crippen LogP contribution in [0.3, 0.4) is 0 Å². The predicted octanol–water partition coefficient (Wildman–Crippen LogP) is 8.45. The lowest BCUT2D eigenvalue weighted by atomic mass is 9.82. The van der Waals surface area contributed by atoms with Crippen molar-refractivity contribution in [3.8, 4) is 0 Å². The fourth-order valence-electron chi connectivity index (χ4n) is 8.44. The highest BCUT2D eigenvalue weighted by Gasteiger charge is 2.79. The standard InChI is InChI=1S/C36H81N5O2Si2/c1-15-25-28-34(43-45(22-8,23-9)24-10)33-41(40(31-26-16-2)32-27-17-3)36(38(20-6)21-7,39(29-18-4)30-19-5)35(34,37(11)12)42-44(13)14/h44H,15-33H2,1-14H3. The van der Waals surface area contributed by atoms with Gasteiger partial charge in [-0.3, -0.25) is 14.7 Å². The molecule has 0 aromatic heterocycles. The summed E-state index contributed by atoms with van der Waals surface area (Å²) in [6, 6.07) is 3.45. The second-order valence-corrected chi connectivity index (χ2v) is 21.2. The van der Waals surface area contributed by atoms with E-state index in [-0.39, 0.29) is 0 Å². The number of rotatable bonds is 26. The van der Waals surface area contributed by atoms with Crippen molar-refractivity contribution in [2.45, 2.75) is 175 Å². The van der Waals surface area contributed by atoms with Crippen molar-refractivity contribution < 1.29 is 8.85 Å². The Morgan fingerprint density at radius 1 is 0.667 bits per heavy atom. The fourth-order valence-corrected chi connectivity index (χ4v) is 12.8. The molecule has 1 rings (SSSR count). The Labute approximate surface area is 285 Å². The first-order valence-corrected chi connectivity index (χ1v) is 24.9. The molecule has 1 heterocycles. The summed E-state index contributed by atoms with van der Waals surface area (Å²) < 4.78 is 16.1. The Kier molecular flexibility index (Phi) is 19.8. The molecule has 0 radical (unpaired) electrons. The average molecular weight is 672 g/mol. The van der Waals surface area contributed by atoms with Crippen LogP contribution < -0.4 is 0 Å². The van der Waals surface area contributed by atoms with Crippen LogP contribution in [0.2, 0.25) is 31.2 Å². The van der Waals surface area contributed by atoms with Gasteiger partial charge in [-0.05, 0) is 90.5 Å². The maximum atomic E-state index is 8.18. The lowest BCUT2D eigenvalue weighted by Gasteiger charge is -2.65. The summed E-state index contributed by atoms with van der Waals surface area (Å²) >= 11 is 0. The van der Waals surface area contributed by atoms with Crippen LogP contribution in [0.4, 0.5) is 0 Å². The minimum atomic E-state index is -2.07. The van der Waals surface area contributed by atoms with E-state index >= 15 is 0 Å². The van der Waals surface area contributed by atoms with Crippen LogP contribution in [0.5, 0.6) is 0 Å². The van der Waals surface area contributed by atoms with E-state index < -0.39 is 34.5 Å². The van der Waals surface area contributed by atoms with Gasteiger partial charge in [-0.2, -0.15) is 0 Å². The van der Waals surface area contributed by atoms with Gasteiger partial charge in [-0.15, -0.1) is 0 Å². The van der Waals surface area contributed by atoms with Crippen LogP contribution in [0.15, 0.2) is 0 Å². The number of hydrazine groups is 1. The van der Waals surface area contributed by atoms with E-state index in [0.717, 1.165) is 96.0 Å². The van der Waals surface area contributed by atoms with Crippen LogP contribution in [-0.2, 0) is 8.85 Å². The minimum absolute atomic E-state index is 0.461. The smallest absolute Gasteiger partial charge is 0.193 e. The third-order valence-electron chi connectivity index (χ3n) is 10.7. The van der Waals surface area contributed by atoms with Gasteiger partial charge in [0.25, 0.3) is 0 Å². The quantitative estimate of drug-likeness (QED) is 0.0675. The first-order chi connectivity index (χ1) is 21.5. The molecule has 7 nitrogen and oxygen atoms in total. The van der Waals surface area contributed by atoms with Crippen LogP contribution in [0.25, 0.3) is 0 Å². The highest BCUT2D eigenvalue weighted by molar-refractivity contribution is 6.73. The average Bonchev–Trinajstić information content (AvgIpc) is 3.26. The maximum absolute atomic E-state index is 8.18. The zero-order valence-electron chi connectivity index (χ0n) is 33.1. The summed E-state index contributed by atoms with van der Waals surface area (Å²) in [4.78, 5) is 8.19. The Balaban J connectivity index is 4.65. The number of likely N-dealkylation sites (N-methyl/N-ethyl adjacent to an activating group) is 2. The van der Waals surface area contributed by atoms with E-state index in [1.165, 1.54) is 25.7 Å². The van der Waals surface area contributed by atoms with Gasteiger partial charge in [0.05, 0.1) is 0 Å². The van der Waals surface area contributed by atoms with Gasteiger partial charge in [0.2, 0.25) is 0 Å². The molecule has 3 atom stereocenters. The molecule has 0 aliphatic carbocycles. The van der Waals surface area contributed by atoms with Crippen LogP contribution in [0.1, 0.15) is 127 Å². The van der Waals surface area contributed by atoms with Gasteiger partial charge in [0, 0.05) is 32.7 Å². The molecule has 0 N–H and O–H groups in total. The number of nitrogens with zero attached hydrogens (tertiary/aromatic N) is 5. The second-order valence-electron chi connectivity index (χ2n) is 14.2. The van der Waals surface area contributed by atoms with Crippen molar-refractivity contribution >= 4 is 17.4 Å². The summed E-state index contributed by atoms with van der Waals surface area (Å²) in [5.74, 6) is -0.506. The molecule has 3 unspecified atom stereocenters. The molecule has 9 heteroatoms. The lowest BCUT2D eigenvalue weighted by molar-refractivity contribution is -0.328. The van der Waals surface area contributed by atoms with Gasteiger partial charge in [0.1, 0.15) is 5.60 Å². The predicted molar refractivity (Wildman–Crippen MR) is 203 cm³/mol. The molecule has 45 heavy (non-hydrogen) atoms. The molecule has 0 aromatic carbocycles. The van der Waals surface area contributed by atoms with E-state index in [4.69, 9.17) is 8.85 Å². The minimum Gasteiger partial charge on any atom is -0.405 e. The second kappa shape index (κ2) is 20.6. The van der Waals surface area contributed by atoms with Crippen molar-refractivity contribution in [1.82, 2.24) is 24.7 Å². The van der Waals surface area contributed by atoms with Crippen molar-refractivity contribution in [1.29, 1.82) is 0 Å². The van der Waals surface area contributed by atoms with Gasteiger partial charge in [0.15, 0.2) is 28.9 Å². The molecule has 1 saturated heterocycles. The Bertz CT molecular complexity index is 762. The van der Waals surface area contributed by atoms with E-state index in [1.807, 2.05) is 0 Å². The zero-order chi connectivity index (χ0) is 34.3. The van der Waals surface area contributed by atoms with Crippen LogP contribution in [-0.4, -0.2) is 119 Å². The number of hydrogen-bond acceptors (Lipinski definition) is 7. The summed E-state index contributed by atoms with van der Waals surface area (Å²) in [7, 11) is 0.994. The Hall–Kier alpha value is 0.154.